The van der Waals surface area contributed by atoms with E-state index in [1.807, 2.05) is 0 Å². The molecule has 12 heavy (non-hydrogen) atoms. The summed E-state index contributed by atoms with van der Waals surface area (Å²) < 4.78 is 4.70. The Balaban J connectivity index is 3.76. The number of halogens is 1. The molecule has 1 atom stereocenters. The number of hydrogen-bond donors (Lipinski definition) is 0. The molecule has 0 amide bonds. The molecule has 0 aliphatic rings. The van der Waals surface area contributed by atoms with Gasteiger partial charge in [0, 0.05) is 5.33 Å². The monoisotopic (exact) mass is 236 g/mol. The van der Waals surface area contributed by atoms with Crippen molar-refractivity contribution in [2.75, 3.05) is 12.4 Å². The van der Waals surface area contributed by atoms with Crippen LogP contribution in [0.15, 0.2) is 0 Å². The van der Waals surface area contributed by atoms with Crippen molar-refractivity contribution in [1.82, 2.24) is 0 Å². The summed E-state index contributed by atoms with van der Waals surface area (Å²) in [5, 5.41) is 0.872. The maximum absolute atomic E-state index is 11.2. The fourth-order valence-electron chi connectivity index (χ4n) is 1.13. The van der Waals surface area contributed by atoms with Crippen molar-refractivity contribution < 1.29 is 9.53 Å². The van der Waals surface area contributed by atoms with Gasteiger partial charge in [0.05, 0.1) is 13.0 Å². The molecule has 0 fully saturated rings. The SMILES string of the molecule is CCCCC(CCBr)C(=O)OC. The third-order valence-electron chi connectivity index (χ3n) is 1.90. The second-order valence-electron chi connectivity index (χ2n) is 2.84. The van der Waals surface area contributed by atoms with E-state index >= 15 is 0 Å². The Kier molecular flexibility index (Phi) is 7.56. The number of carbonyl (C=O) groups excluding carboxylic acids is 1. The maximum Gasteiger partial charge on any atom is 0.308 e. The first kappa shape index (κ1) is 11.9. The van der Waals surface area contributed by atoms with Gasteiger partial charge in [-0.15, -0.1) is 0 Å². The van der Waals surface area contributed by atoms with Gasteiger partial charge >= 0.3 is 5.97 Å². The highest BCUT2D eigenvalue weighted by Crippen LogP contribution is 2.15. The molecule has 0 spiro atoms. The van der Waals surface area contributed by atoms with Crippen molar-refractivity contribution >= 4 is 21.9 Å². The van der Waals surface area contributed by atoms with Gasteiger partial charge in [0.15, 0.2) is 0 Å². The van der Waals surface area contributed by atoms with Crippen LogP contribution in [-0.4, -0.2) is 18.4 Å². The molecule has 0 aliphatic carbocycles. The van der Waals surface area contributed by atoms with Crippen LogP contribution in [0.2, 0.25) is 0 Å². The number of methoxy groups -OCH3 is 1. The van der Waals surface area contributed by atoms with Gasteiger partial charge in [0.2, 0.25) is 0 Å². The number of rotatable bonds is 6. The molecule has 0 saturated carbocycles. The Hall–Kier alpha value is -0.0500. The van der Waals surface area contributed by atoms with Crippen molar-refractivity contribution in [3.63, 3.8) is 0 Å². The maximum atomic E-state index is 11.2. The van der Waals surface area contributed by atoms with E-state index in [4.69, 9.17) is 4.74 Å². The number of ether oxygens (including phenoxy) is 1. The van der Waals surface area contributed by atoms with Crippen LogP contribution in [0.3, 0.4) is 0 Å². The van der Waals surface area contributed by atoms with Crippen LogP contribution < -0.4 is 0 Å². The molecule has 0 aromatic heterocycles. The lowest BCUT2D eigenvalue weighted by atomic mass is 10.00. The van der Waals surface area contributed by atoms with Crippen molar-refractivity contribution in [1.29, 1.82) is 0 Å². The smallest absolute Gasteiger partial charge is 0.308 e. The average molecular weight is 237 g/mol. The standard InChI is InChI=1S/C9H17BrO2/c1-3-4-5-8(6-7-10)9(11)12-2/h8H,3-7H2,1-2H3. The van der Waals surface area contributed by atoms with Gasteiger partial charge in [-0.2, -0.15) is 0 Å². The second-order valence-corrected chi connectivity index (χ2v) is 3.63. The Labute approximate surface area is 82.8 Å². The topological polar surface area (TPSA) is 26.3 Å². The molecule has 0 N–H and O–H groups in total. The van der Waals surface area contributed by atoms with E-state index in [9.17, 15) is 4.79 Å². The molecule has 1 unspecified atom stereocenters. The molecule has 2 nitrogen and oxygen atoms in total. The van der Waals surface area contributed by atoms with E-state index in [0.29, 0.717) is 0 Å². The van der Waals surface area contributed by atoms with Crippen LogP contribution in [0.25, 0.3) is 0 Å². The highest BCUT2D eigenvalue weighted by Gasteiger charge is 2.16. The largest absolute Gasteiger partial charge is 0.469 e. The lowest BCUT2D eigenvalue weighted by Gasteiger charge is -2.11. The Bertz CT molecular complexity index is 126. The zero-order chi connectivity index (χ0) is 9.40. The van der Waals surface area contributed by atoms with Crippen LogP contribution in [0.4, 0.5) is 0 Å². The van der Waals surface area contributed by atoms with Crippen molar-refractivity contribution in [3.8, 4) is 0 Å². The molecular weight excluding hydrogens is 220 g/mol. The van der Waals surface area contributed by atoms with Crippen LogP contribution in [0, 0.1) is 5.92 Å². The summed E-state index contributed by atoms with van der Waals surface area (Å²) in [6.07, 6.45) is 4.07. The quantitative estimate of drug-likeness (QED) is 0.524. The molecule has 0 aliphatic heterocycles. The molecule has 72 valence electrons. The summed E-state index contributed by atoms with van der Waals surface area (Å²) in [5.74, 6) is 0.0252. The number of hydrogen-bond acceptors (Lipinski definition) is 2. The van der Waals surface area contributed by atoms with Crippen molar-refractivity contribution in [2.45, 2.75) is 32.6 Å². The first-order valence-corrected chi connectivity index (χ1v) is 5.52. The van der Waals surface area contributed by atoms with E-state index < -0.39 is 0 Å². The molecule has 0 rings (SSSR count). The van der Waals surface area contributed by atoms with Crippen LogP contribution in [0.1, 0.15) is 32.6 Å². The molecule has 0 bridgehead atoms. The fourth-order valence-corrected chi connectivity index (χ4v) is 1.68. The zero-order valence-electron chi connectivity index (χ0n) is 7.81. The number of carbonyl (C=O) groups is 1. The molecule has 0 heterocycles. The van der Waals surface area contributed by atoms with Gasteiger partial charge in [-0.05, 0) is 12.8 Å². The summed E-state index contributed by atoms with van der Waals surface area (Å²) in [6, 6.07) is 0. The number of esters is 1. The average Bonchev–Trinajstić information content (AvgIpc) is 2.11. The fraction of sp³-hybridized carbons (Fsp3) is 0.889. The molecule has 0 saturated heterocycles. The van der Waals surface area contributed by atoms with E-state index in [1.165, 1.54) is 7.11 Å². The predicted molar refractivity (Wildman–Crippen MR) is 53.4 cm³/mol. The van der Waals surface area contributed by atoms with Crippen molar-refractivity contribution in [3.05, 3.63) is 0 Å². The minimum absolute atomic E-state index is 0.0668. The lowest BCUT2D eigenvalue weighted by Crippen LogP contribution is -2.16. The van der Waals surface area contributed by atoms with Crippen molar-refractivity contribution in [2.24, 2.45) is 5.92 Å². The minimum atomic E-state index is -0.0668. The Morgan fingerprint density at radius 1 is 1.50 bits per heavy atom. The molecule has 3 heteroatoms. The molecular formula is C9H17BrO2. The third kappa shape index (κ3) is 4.75. The number of alkyl halides is 1. The zero-order valence-corrected chi connectivity index (χ0v) is 9.39. The highest BCUT2D eigenvalue weighted by atomic mass is 79.9. The Morgan fingerprint density at radius 3 is 2.58 bits per heavy atom. The lowest BCUT2D eigenvalue weighted by molar-refractivity contribution is -0.145. The van der Waals surface area contributed by atoms with Gasteiger partial charge in [-0.25, -0.2) is 0 Å². The molecule has 0 radical (unpaired) electrons. The minimum Gasteiger partial charge on any atom is -0.469 e. The van der Waals surface area contributed by atoms with Crippen LogP contribution in [0.5, 0.6) is 0 Å². The first-order valence-electron chi connectivity index (χ1n) is 4.40. The first-order chi connectivity index (χ1) is 5.76. The van der Waals surface area contributed by atoms with E-state index in [2.05, 4.69) is 22.9 Å². The van der Waals surface area contributed by atoms with E-state index in [0.717, 1.165) is 31.0 Å². The molecule has 0 aromatic carbocycles. The summed E-state index contributed by atoms with van der Waals surface area (Å²) in [5.41, 5.74) is 0. The number of unbranched alkanes of at least 4 members (excludes halogenated alkanes) is 1. The van der Waals surface area contributed by atoms with Crippen LogP contribution in [-0.2, 0) is 9.53 Å². The van der Waals surface area contributed by atoms with Crippen LogP contribution >= 0.6 is 15.9 Å². The summed E-state index contributed by atoms with van der Waals surface area (Å²) in [4.78, 5) is 11.2. The second kappa shape index (κ2) is 7.59. The Morgan fingerprint density at radius 2 is 2.17 bits per heavy atom. The van der Waals surface area contributed by atoms with Gasteiger partial charge in [-0.3, -0.25) is 4.79 Å². The van der Waals surface area contributed by atoms with E-state index in [-0.39, 0.29) is 11.9 Å². The normalized spacial score (nSPS) is 12.6. The van der Waals surface area contributed by atoms with Gasteiger partial charge in [-0.1, -0.05) is 35.7 Å². The van der Waals surface area contributed by atoms with Gasteiger partial charge in [0.1, 0.15) is 0 Å². The summed E-state index contributed by atoms with van der Waals surface area (Å²) >= 11 is 3.33. The van der Waals surface area contributed by atoms with Gasteiger partial charge in [0.25, 0.3) is 0 Å². The van der Waals surface area contributed by atoms with E-state index in [1.54, 1.807) is 0 Å². The molecule has 0 aromatic rings. The summed E-state index contributed by atoms with van der Waals surface area (Å²) in [7, 11) is 1.45. The summed E-state index contributed by atoms with van der Waals surface area (Å²) in [6.45, 7) is 2.13. The van der Waals surface area contributed by atoms with Gasteiger partial charge < -0.3 is 4.74 Å². The highest BCUT2D eigenvalue weighted by molar-refractivity contribution is 9.09. The predicted octanol–water partition coefficient (Wildman–Crippen LogP) is 2.75. The third-order valence-corrected chi connectivity index (χ3v) is 2.36.